The van der Waals surface area contributed by atoms with Gasteiger partial charge in [0.15, 0.2) is 19.7 Å². The van der Waals surface area contributed by atoms with Gasteiger partial charge >= 0.3 is 0 Å². The molecule has 0 spiro atoms. The van der Waals surface area contributed by atoms with Crippen molar-refractivity contribution < 1.29 is 16.8 Å². The summed E-state index contributed by atoms with van der Waals surface area (Å²) in [5.41, 5.74) is 0.452. The van der Waals surface area contributed by atoms with E-state index in [9.17, 15) is 16.8 Å². The fraction of sp³-hybridized carbons (Fsp3) is 0.500. The summed E-state index contributed by atoms with van der Waals surface area (Å²) in [5, 5.41) is 6.34. The van der Waals surface area contributed by atoms with E-state index in [1.165, 1.54) is 18.2 Å². The van der Waals surface area contributed by atoms with Crippen LogP contribution in [0.2, 0.25) is 0 Å². The number of benzene rings is 1. The Labute approximate surface area is 119 Å². The van der Waals surface area contributed by atoms with Crippen molar-refractivity contribution in [3.8, 4) is 0 Å². The van der Waals surface area contributed by atoms with Crippen molar-refractivity contribution in [2.75, 3.05) is 30.9 Å². The predicted molar refractivity (Wildman–Crippen MR) is 77.6 cm³/mol. The molecule has 0 saturated carbocycles. The van der Waals surface area contributed by atoms with Gasteiger partial charge in [-0.15, -0.1) is 0 Å². The molecule has 0 aliphatic carbocycles. The lowest BCUT2D eigenvalue weighted by molar-refractivity contribution is 0.600. The molecule has 0 aromatic heterocycles. The second-order valence-electron chi connectivity index (χ2n) is 5.04. The maximum Gasteiger partial charge on any atom is 0.177 e. The van der Waals surface area contributed by atoms with Gasteiger partial charge < -0.3 is 10.6 Å². The van der Waals surface area contributed by atoms with Crippen LogP contribution in [0, 0.1) is 0 Å². The lowest BCUT2D eigenvalue weighted by Crippen LogP contribution is -2.23. The molecule has 6 nitrogen and oxygen atoms in total. The van der Waals surface area contributed by atoms with Crippen molar-refractivity contribution in [1.82, 2.24) is 5.32 Å². The molecule has 1 heterocycles. The second-order valence-corrected chi connectivity index (χ2v) is 9.04. The van der Waals surface area contributed by atoms with Crippen molar-refractivity contribution >= 4 is 25.4 Å². The Morgan fingerprint density at radius 2 is 1.85 bits per heavy atom. The first kappa shape index (κ1) is 15.3. The molecular weight excluding hydrogens is 300 g/mol. The van der Waals surface area contributed by atoms with Crippen LogP contribution in [0.25, 0.3) is 0 Å². The van der Waals surface area contributed by atoms with Crippen LogP contribution in [0.1, 0.15) is 6.42 Å². The highest BCUT2D eigenvalue weighted by Gasteiger charge is 2.21. The molecule has 2 N–H and O–H groups in total. The molecule has 1 aliphatic heterocycles. The molecule has 1 aromatic rings. The van der Waals surface area contributed by atoms with Gasteiger partial charge in [0.25, 0.3) is 0 Å². The van der Waals surface area contributed by atoms with Gasteiger partial charge in [0.2, 0.25) is 0 Å². The van der Waals surface area contributed by atoms with Crippen molar-refractivity contribution in [2.24, 2.45) is 0 Å². The molecule has 1 aliphatic rings. The van der Waals surface area contributed by atoms with E-state index < -0.39 is 19.7 Å². The van der Waals surface area contributed by atoms with Gasteiger partial charge in [0, 0.05) is 25.1 Å². The molecule has 0 radical (unpaired) electrons. The Morgan fingerprint density at radius 3 is 2.35 bits per heavy atom. The van der Waals surface area contributed by atoms with Gasteiger partial charge in [0.1, 0.15) is 0 Å². The lowest BCUT2D eigenvalue weighted by atomic mass is 10.2. The SMILES string of the molecule is CS(=O)(=O)c1ccc(NC2CCNC2)c(S(C)(=O)=O)c1. The average molecular weight is 318 g/mol. The molecule has 1 unspecified atom stereocenters. The Morgan fingerprint density at radius 1 is 1.15 bits per heavy atom. The number of hydrogen-bond donors (Lipinski definition) is 2. The second kappa shape index (κ2) is 5.34. The Hall–Kier alpha value is -1.12. The molecule has 20 heavy (non-hydrogen) atoms. The summed E-state index contributed by atoms with van der Waals surface area (Å²) >= 11 is 0. The molecule has 1 fully saturated rings. The summed E-state index contributed by atoms with van der Waals surface area (Å²) in [7, 11) is -6.94. The largest absolute Gasteiger partial charge is 0.380 e. The van der Waals surface area contributed by atoms with Crippen molar-refractivity contribution in [3.05, 3.63) is 18.2 Å². The number of nitrogens with one attached hydrogen (secondary N) is 2. The molecule has 112 valence electrons. The molecule has 1 saturated heterocycles. The first-order chi connectivity index (χ1) is 9.18. The van der Waals surface area contributed by atoms with Crippen LogP contribution in [0.15, 0.2) is 28.0 Å². The van der Waals surface area contributed by atoms with E-state index in [-0.39, 0.29) is 15.8 Å². The van der Waals surface area contributed by atoms with Crippen LogP contribution < -0.4 is 10.6 Å². The van der Waals surface area contributed by atoms with Crippen LogP contribution in [-0.2, 0) is 19.7 Å². The van der Waals surface area contributed by atoms with Crippen molar-refractivity contribution in [3.63, 3.8) is 0 Å². The number of anilines is 1. The molecule has 0 bridgehead atoms. The maximum absolute atomic E-state index is 11.9. The zero-order chi connectivity index (χ0) is 15.0. The zero-order valence-corrected chi connectivity index (χ0v) is 13.0. The zero-order valence-electron chi connectivity index (χ0n) is 11.4. The first-order valence-corrected chi connectivity index (χ1v) is 9.97. The van der Waals surface area contributed by atoms with E-state index in [0.717, 1.165) is 32.0 Å². The minimum Gasteiger partial charge on any atom is -0.380 e. The van der Waals surface area contributed by atoms with E-state index in [1.54, 1.807) is 0 Å². The Bertz CT molecular complexity index is 705. The van der Waals surface area contributed by atoms with Crippen LogP contribution in [-0.4, -0.2) is 48.5 Å². The van der Waals surface area contributed by atoms with E-state index in [0.29, 0.717) is 5.69 Å². The summed E-state index contributed by atoms with van der Waals surface area (Å²) in [6.45, 7) is 1.64. The molecule has 1 aromatic carbocycles. The van der Waals surface area contributed by atoms with Gasteiger partial charge in [0.05, 0.1) is 15.5 Å². The van der Waals surface area contributed by atoms with Gasteiger partial charge in [-0.2, -0.15) is 0 Å². The van der Waals surface area contributed by atoms with E-state index >= 15 is 0 Å². The molecule has 1 atom stereocenters. The fourth-order valence-corrected chi connectivity index (χ4v) is 3.75. The quantitative estimate of drug-likeness (QED) is 0.828. The maximum atomic E-state index is 11.9. The van der Waals surface area contributed by atoms with Crippen LogP contribution in [0.5, 0.6) is 0 Å². The van der Waals surface area contributed by atoms with Gasteiger partial charge in [-0.05, 0) is 31.2 Å². The topological polar surface area (TPSA) is 92.3 Å². The first-order valence-electron chi connectivity index (χ1n) is 6.19. The average Bonchev–Trinajstić information content (AvgIpc) is 2.79. The number of rotatable bonds is 4. The van der Waals surface area contributed by atoms with Gasteiger partial charge in [-0.1, -0.05) is 0 Å². The summed E-state index contributed by atoms with van der Waals surface area (Å²) in [6, 6.07) is 4.31. The van der Waals surface area contributed by atoms with E-state index in [4.69, 9.17) is 0 Å². The van der Waals surface area contributed by atoms with Crippen LogP contribution >= 0.6 is 0 Å². The third-order valence-corrected chi connectivity index (χ3v) is 5.45. The monoisotopic (exact) mass is 318 g/mol. The highest BCUT2D eigenvalue weighted by molar-refractivity contribution is 7.91. The minimum atomic E-state index is -3.51. The highest BCUT2D eigenvalue weighted by Crippen LogP contribution is 2.26. The smallest absolute Gasteiger partial charge is 0.177 e. The minimum absolute atomic E-state index is 0.00743. The summed E-state index contributed by atoms with van der Waals surface area (Å²) < 4.78 is 46.8. The summed E-state index contributed by atoms with van der Waals surface area (Å²) in [5.74, 6) is 0. The standard InChI is InChI=1S/C12H18N2O4S2/c1-19(15,16)10-3-4-11(12(7-10)20(2,17)18)14-9-5-6-13-8-9/h3-4,7,9,13-14H,5-6,8H2,1-2H3. The fourth-order valence-electron chi connectivity index (χ4n) is 2.16. The van der Waals surface area contributed by atoms with Crippen molar-refractivity contribution in [1.29, 1.82) is 0 Å². The normalized spacial score (nSPS) is 20.0. The molecule has 0 amide bonds. The van der Waals surface area contributed by atoms with Gasteiger partial charge in [-0.25, -0.2) is 16.8 Å². The molecular formula is C12H18N2O4S2. The third kappa shape index (κ3) is 3.50. The van der Waals surface area contributed by atoms with Crippen LogP contribution in [0.3, 0.4) is 0 Å². The van der Waals surface area contributed by atoms with Gasteiger partial charge in [-0.3, -0.25) is 0 Å². The van der Waals surface area contributed by atoms with E-state index in [2.05, 4.69) is 10.6 Å². The van der Waals surface area contributed by atoms with Crippen molar-refractivity contribution in [2.45, 2.75) is 22.3 Å². The predicted octanol–water partition coefficient (Wildman–Crippen LogP) is 0.267. The summed E-state index contributed by atoms with van der Waals surface area (Å²) in [4.78, 5) is 0.0281. The Balaban J connectivity index is 2.46. The number of hydrogen-bond acceptors (Lipinski definition) is 6. The highest BCUT2D eigenvalue weighted by atomic mass is 32.2. The third-order valence-electron chi connectivity index (χ3n) is 3.20. The molecule has 8 heteroatoms. The Kier molecular flexibility index (Phi) is 4.08. The van der Waals surface area contributed by atoms with E-state index in [1.807, 2.05) is 0 Å². The number of sulfone groups is 2. The molecule has 2 rings (SSSR count). The lowest BCUT2D eigenvalue weighted by Gasteiger charge is -2.16. The van der Waals surface area contributed by atoms with Crippen LogP contribution in [0.4, 0.5) is 5.69 Å². The summed E-state index contributed by atoms with van der Waals surface area (Å²) in [6.07, 6.45) is 3.03.